The van der Waals surface area contributed by atoms with Crippen molar-refractivity contribution in [3.63, 3.8) is 0 Å². The molecule has 2 rings (SSSR count). The largest absolute Gasteiger partial charge is 0.464 e. The number of amides is 1. The van der Waals surface area contributed by atoms with Gasteiger partial charge in [0.05, 0.1) is 7.11 Å². The number of aryl methyl sites for hydroxylation is 1. The number of H-pyrrole nitrogens is 1. The minimum absolute atomic E-state index is 0.165. The lowest BCUT2D eigenvalue weighted by atomic mass is 10.0. The zero-order valence-electron chi connectivity index (χ0n) is 15.6. The monoisotopic (exact) mass is 334 g/mol. The fourth-order valence-electron chi connectivity index (χ4n) is 3.58. The second-order valence-corrected chi connectivity index (χ2v) is 6.92. The van der Waals surface area contributed by atoms with Crippen LogP contribution >= 0.6 is 0 Å². The number of carbonyl (C=O) groups is 2. The highest BCUT2D eigenvalue weighted by atomic mass is 16.5. The summed E-state index contributed by atoms with van der Waals surface area (Å²) in [5, 5.41) is 0. The summed E-state index contributed by atoms with van der Waals surface area (Å²) in [5.41, 5.74) is 3.33. The Morgan fingerprint density at radius 1 is 1.29 bits per heavy atom. The summed E-state index contributed by atoms with van der Waals surface area (Å²) in [7, 11) is 1.38. The van der Waals surface area contributed by atoms with Crippen molar-refractivity contribution in [3.8, 4) is 0 Å². The first-order valence-electron chi connectivity index (χ1n) is 8.97. The first-order chi connectivity index (χ1) is 11.4. The van der Waals surface area contributed by atoms with Gasteiger partial charge in [-0.15, -0.1) is 0 Å². The molecule has 5 nitrogen and oxygen atoms in total. The fraction of sp³-hybridized carbons (Fsp3) is 0.684. The van der Waals surface area contributed by atoms with Crippen LogP contribution in [0.4, 0.5) is 0 Å². The first-order valence-corrected chi connectivity index (χ1v) is 8.97. The van der Waals surface area contributed by atoms with Crippen LogP contribution in [-0.2, 0) is 16.1 Å². The molecule has 1 fully saturated rings. The van der Waals surface area contributed by atoms with Crippen LogP contribution in [0.2, 0.25) is 0 Å². The lowest BCUT2D eigenvalue weighted by Gasteiger charge is -2.31. The van der Waals surface area contributed by atoms with E-state index in [1.807, 2.05) is 18.7 Å². The highest BCUT2D eigenvalue weighted by Gasteiger charge is 2.30. The van der Waals surface area contributed by atoms with Crippen molar-refractivity contribution >= 4 is 11.9 Å². The number of aromatic nitrogens is 1. The molecule has 1 aromatic heterocycles. The molecule has 1 aliphatic rings. The van der Waals surface area contributed by atoms with E-state index < -0.39 is 0 Å². The number of carbonyl (C=O) groups excluding carboxylic acids is 2. The Kier molecular flexibility index (Phi) is 6.08. The van der Waals surface area contributed by atoms with Crippen LogP contribution in [0.3, 0.4) is 0 Å². The van der Waals surface area contributed by atoms with E-state index >= 15 is 0 Å². The van der Waals surface area contributed by atoms with Crippen LogP contribution in [0.5, 0.6) is 0 Å². The van der Waals surface area contributed by atoms with Crippen LogP contribution in [0.15, 0.2) is 0 Å². The molecule has 24 heavy (non-hydrogen) atoms. The molecule has 1 saturated carbocycles. The average Bonchev–Trinajstić information content (AvgIpc) is 3.20. The maximum Gasteiger partial charge on any atom is 0.354 e. The molecule has 0 unspecified atom stereocenters. The van der Waals surface area contributed by atoms with E-state index in [-0.39, 0.29) is 23.8 Å². The van der Waals surface area contributed by atoms with Gasteiger partial charge in [-0.1, -0.05) is 19.8 Å². The smallest absolute Gasteiger partial charge is 0.354 e. The van der Waals surface area contributed by atoms with Crippen LogP contribution in [-0.4, -0.2) is 34.9 Å². The number of methoxy groups -OCH3 is 1. The third-order valence-corrected chi connectivity index (χ3v) is 5.42. The highest BCUT2D eigenvalue weighted by Crippen LogP contribution is 2.29. The molecule has 0 radical (unpaired) electrons. The molecule has 1 atom stereocenters. The Morgan fingerprint density at radius 3 is 2.46 bits per heavy atom. The minimum atomic E-state index is -0.362. The number of rotatable bonds is 6. The summed E-state index contributed by atoms with van der Waals surface area (Å²) in [6, 6.07) is 0.188. The molecule has 1 heterocycles. The second kappa shape index (κ2) is 7.86. The Balaban J connectivity index is 2.28. The van der Waals surface area contributed by atoms with Crippen molar-refractivity contribution in [1.82, 2.24) is 9.88 Å². The Bertz CT molecular complexity index is 600. The summed E-state index contributed by atoms with van der Waals surface area (Å²) in [4.78, 5) is 30.0. The van der Waals surface area contributed by atoms with E-state index in [1.54, 1.807) is 0 Å². The highest BCUT2D eigenvalue weighted by molar-refractivity contribution is 5.89. The number of nitrogens with zero attached hydrogens (tertiary/aromatic N) is 1. The van der Waals surface area contributed by atoms with Crippen molar-refractivity contribution < 1.29 is 14.3 Å². The van der Waals surface area contributed by atoms with E-state index in [0.717, 1.165) is 48.9 Å². The Hall–Kier alpha value is -1.78. The third kappa shape index (κ3) is 3.65. The summed E-state index contributed by atoms with van der Waals surface area (Å²) < 4.78 is 4.84. The van der Waals surface area contributed by atoms with Crippen molar-refractivity contribution in [1.29, 1.82) is 0 Å². The molecule has 1 aliphatic carbocycles. The Morgan fingerprint density at radius 2 is 1.92 bits per heavy atom. The van der Waals surface area contributed by atoms with Crippen molar-refractivity contribution in [3.05, 3.63) is 22.5 Å². The molecule has 0 aromatic carbocycles. The van der Waals surface area contributed by atoms with Crippen LogP contribution in [0.1, 0.15) is 73.3 Å². The summed E-state index contributed by atoms with van der Waals surface area (Å²) >= 11 is 0. The van der Waals surface area contributed by atoms with E-state index in [1.165, 1.54) is 7.11 Å². The number of hydrogen-bond acceptors (Lipinski definition) is 3. The average molecular weight is 334 g/mol. The standard InChI is InChI=1S/C19H30N2O3/c1-6-12(2)21(18(22)15-9-7-8-10-15)11-16-13(3)17(19(23)24-5)20-14(16)4/h12,15,20H,6-11H2,1-5H3/t12-/m1/s1. The van der Waals surface area contributed by atoms with Gasteiger partial charge in [-0.3, -0.25) is 4.79 Å². The number of ether oxygens (including phenoxy) is 1. The Labute approximate surface area is 144 Å². The SMILES string of the molecule is CC[C@@H](C)N(Cc1c(C)[nH]c(C(=O)OC)c1C)C(=O)C1CCCC1. The maximum atomic E-state index is 13.0. The molecule has 0 spiro atoms. The first kappa shape index (κ1) is 18.6. The number of nitrogens with one attached hydrogen (secondary N) is 1. The van der Waals surface area contributed by atoms with Gasteiger partial charge in [0, 0.05) is 24.2 Å². The molecule has 0 saturated heterocycles. The van der Waals surface area contributed by atoms with Crippen molar-refractivity contribution in [2.45, 2.75) is 72.4 Å². The van der Waals surface area contributed by atoms with Gasteiger partial charge in [-0.2, -0.15) is 0 Å². The molecule has 0 bridgehead atoms. The van der Waals surface area contributed by atoms with Gasteiger partial charge in [0.2, 0.25) is 5.91 Å². The fourth-order valence-corrected chi connectivity index (χ4v) is 3.58. The normalized spacial score (nSPS) is 16.2. The summed E-state index contributed by atoms with van der Waals surface area (Å²) in [6.07, 6.45) is 5.23. The van der Waals surface area contributed by atoms with Crippen LogP contribution in [0.25, 0.3) is 0 Å². The molecular formula is C19H30N2O3. The number of aromatic amines is 1. The molecule has 1 aromatic rings. The van der Waals surface area contributed by atoms with Crippen molar-refractivity contribution in [2.24, 2.45) is 5.92 Å². The number of hydrogen-bond donors (Lipinski definition) is 1. The van der Waals surface area contributed by atoms with Gasteiger partial charge in [-0.05, 0) is 51.2 Å². The maximum absolute atomic E-state index is 13.0. The molecule has 5 heteroatoms. The zero-order valence-corrected chi connectivity index (χ0v) is 15.6. The summed E-state index contributed by atoms with van der Waals surface area (Å²) in [5.74, 6) is 0.0687. The van der Waals surface area contributed by atoms with E-state index in [0.29, 0.717) is 12.2 Å². The van der Waals surface area contributed by atoms with Gasteiger partial charge in [0.1, 0.15) is 5.69 Å². The quantitative estimate of drug-likeness (QED) is 0.806. The van der Waals surface area contributed by atoms with Crippen LogP contribution < -0.4 is 0 Å². The molecule has 1 N–H and O–H groups in total. The topological polar surface area (TPSA) is 62.4 Å². The third-order valence-electron chi connectivity index (χ3n) is 5.42. The molecular weight excluding hydrogens is 304 g/mol. The van der Waals surface area contributed by atoms with Crippen molar-refractivity contribution in [2.75, 3.05) is 7.11 Å². The zero-order chi connectivity index (χ0) is 17.9. The predicted octanol–water partition coefficient (Wildman–Crippen LogP) is 3.74. The van der Waals surface area contributed by atoms with E-state index in [4.69, 9.17) is 4.74 Å². The minimum Gasteiger partial charge on any atom is -0.464 e. The molecule has 0 aliphatic heterocycles. The molecule has 134 valence electrons. The second-order valence-electron chi connectivity index (χ2n) is 6.92. The molecule has 1 amide bonds. The lowest BCUT2D eigenvalue weighted by Crippen LogP contribution is -2.41. The lowest BCUT2D eigenvalue weighted by molar-refractivity contribution is -0.138. The van der Waals surface area contributed by atoms with E-state index in [9.17, 15) is 9.59 Å². The summed E-state index contributed by atoms with van der Waals surface area (Å²) in [6.45, 7) is 8.63. The van der Waals surface area contributed by atoms with Gasteiger partial charge in [0.15, 0.2) is 0 Å². The van der Waals surface area contributed by atoms with Crippen LogP contribution in [0, 0.1) is 19.8 Å². The predicted molar refractivity (Wildman–Crippen MR) is 93.9 cm³/mol. The van der Waals surface area contributed by atoms with E-state index in [2.05, 4.69) is 18.8 Å². The van der Waals surface area contributed by atoms with Gasteiger partial charge in [0.25, 0.3) is 0 Å². The van der Waals surface area contributed by atoms with Gasteiger partial charge >= 0.3 is 5.97 Å². The van der Waals surface area contributed by atoms with Gasteiger partial charge in [-0.25, -0.2) is 4.79 Å². The van der Waals surface area contributed by atoms with Gasteiger partial charge < -0.3 is 14.6 Å². The number of esters is 1.